The predicted octanol–water partition coefficient (Wildman–Crippen LogP) is 3.13. The van der Waals surface area contributed by atoms with Gasteiger partial charge in [0, 0.05) is 18.8 Å². The summed E-state index contributed by atoms with van der Waals surface area (Å²) in [4.78, 5) is 24.4. The molecule has 0 heterocycles. The molecule has 0 saturated heterocycles. The number of nitrogens with zero attached hydrogens (tertiary/aromatic N) is 1. The molecule has 8 heteroatoms. The van der Waals surface area contributed by atoms with Crippen LogP contribution < -0.4 is 5.32 Å². The second kappa shape index (κ2) is 9.67. The molecule has 0 bridgehead atoms. The molecule has 29 heavy (non-hydrogen) atoms. The Labute approximate surface area is 171 Å². The molecule has 2 aromatic rings. The molecule has 1 amide bonds. The van der Waals surface area contributed by atoms with Gasteiger partial charge in [-0.25, -0.2) is 13.2 Å². The number of nitrogens with one attached hydrogen (secondary N) is 1. The summed E-state index contributed by atoms with van der Waals surface area (Å²) in [6.45, 7) is 7.57. The molecule has 0 radical (unpaired) electrons. The van der Waals surface area contributed by atoms with Gasteiger partial charge >= 0.3 is 5.97 Å². The molecular weight excluding hydrogens is 392 g/mol. The Bertz CT molecular complexity index is 981. The molecule has 0 fully saturated rings. The zero-order valence-electron chi connectivity index (χ0n) is 17.1. The Balaban J connectivity index is 1.97. The topological polar surface area (TPSA) is 92.8 Å². The highest BCUT2D eigenvalue weighted by atomic mass is 32.2. The molecule has 0 aromatic heterocycles. The number of anilines is 1. The fourth-order valence-electron chi connectivity index (χ4n) is 2.80. The van der Waals surface area contributed by atoms with Gasteiger partial charge in [0.1, 0.15) is 0 Å². The quantitative estimate of drug-likeness (QED) is 0.665. The molecule has 0 saturated carbocycles. The van der Waals surface area contributed by atoms with Gasteiger partial charge < -0.3 is 10.1 Å². The fraction of sp³-hybridized carbons (Fsp3) is 0.333. The minimum absolute atomic E-state index is 0.153. The second-order valence-corrected chi connectivity index (χ2v) is 8.42. The first-order valence-corrected chi connectivity index (χ1v) is 10.8. The van der Waals surface area contributed by atoms with Crippen molar-refractivity contribution in [2.24, 2.45) is 0 Å². The SMILES string of the molecule is CCN(CC)S(=O)(=O)c1ccc(NC(=O)COC(=O)c2cccc(C)c2C)cc1. The normalized spacial score (nSPS) is 11.3. The first-order valence-electron chi connectivity index (χ1n) is 9.34. The third-order valence-corrected chi connectivity index (χ3v) is 6.70. The molecule has 1 N–H and O–H groups in total. The van der Waals surface area contributed by atoms with Crippen LogP contribution in [0.15, 0.2) is 47.4 Å². The number of carbonyl (C=O) groups excluding carboxylic acids is 2. The summed E-state index contributed by atoms with van der Waals surface area (Å²) in [5, 5.41) is 2.59. The average molecular weight is 419 g/mol. The van der Waals surface area contributed by atoms with Gasteiger partial charge in [0.2, 0.25) is 10.0 Å². The molecule has 0 aliphatic carbocycles. The van der Waals surface area contributed by atoms with Crippen LogP contribution in [0.4, 0.5) is 5.69 Å². The van der Waals surface area contributed by atoms with Crippen LogP contribution in [-0.4, -0.2) is 44.3 Å². The van der Waals surface area contributed by atoms with E-state index in [-0.39, 0.29) is 4.90 Å². The van der Waals surface area contributed by atoms with Gasteiger partial charge in [0.05, 0.1) is 10.5 Å². The van der Waals surface area contributed by atoms with Crippen molar-refractivity contribution in [1.29, 1.82) is 0 Å². The van der Waals surface area contributed by atoms with Crippen molar-refractivity contribution >= 4 is 27.6 Å². The van der Waals surface area contributed by atoms with Crippen LogP contribution in [0.25, 0.3) is 0 Å². The molecule has 2 aromatic carbocycles. The van der Waals surface area contributed by atoms with Crippen LogP contribution in [0.5, 0.6) is 0 Å². The lowest BCUT2D eigenvalue weighted by Gasteiger charge is -2.18. The third kappa shape index (κ3) is 5.42. The second-order valence-electron chi connectivity index (χ2n) is 6.49. The summed E-state index contributed by atoms with van der Waals surface area (Å²) in [6, 6.07) is 11.2. The van der Waals surface area contributed by atoms with Crippen molar-refractivity contribution in [2.75, 3.05) is 25.0 Å². The maximum Gasteiger partial charge on any atom is 0.338 e. The van der Waals surface area contributed by atoms with Gasteiger partial charge in [0.15, 0.2) is 6.61 Å². The van der Waals surface area contributed by atoms with E-state index in [4.69, 9.17) is 4.74 Å². The van der Waals surface area contributed by atoms with Gasteiger partial charge in [0.25, 0.3) is 5.91 Å². The Morgan fingerprint density at radius 3 is 2.21 bits per heavy atom. The zero-order chi connectivity index (χ0) is 21.6. The molecular formula is C21H26N2O5S. The Kier molecular flexibility index (Phi) is 7.53. The zero-order valence-corrected chi connectivity index (χ0v) is 17.9. The molecule has 0 unspecified atom stereocenters. The van der Waals surface area contributed by atoms with Crippen molar-refractivity contribution in [1.82, 2.24) is 4.31 Å². The maximum absolute atomic E-state index is 12.5. The van der Waals surface area contributed by atoms with Crippen molar-refractivity contribution < 1.29 is 22.7 Å². The fourth-order valence-corrected chi connectivity index (χ4v) is 4.26. The number of hydrogen-bond donors (Lipinski definition) is 1. The summed E-state index contributed by atoms with van der Waals surface area (Å²) in [5.41, 5.74) is 2.60. The largest absolute Gasteiger partial charge is 0.452 e. The van der Waals surface area contributed by atoms with E-state index in [1.54, 1.807) is 26.0 Å². The first-order chi connectivity index (χ1) is 13.7. The highest BCUT2D eigenvalue weighted by Gasteiger charge is 2.21. The number of carbonyl (C=O) groups is 2. The van der Waals surface area contributed by atoms with Crippen LogP contribution in [0.3, 0.4) is 0 Å². The highest BCUT2D eigenvalue weighted by Crippen LogP contribution is 2.18. The highest BCUT2D eigenvalue weighted by molar-refractivity contribution is 7.89. The molecule has 0 aliphatic heterocycles. The number of rotatable bonds is 8. The number of hydrogen-bond acceptors (Lipinski definition) is 5. The Morgan fingerprint density at radius 2 is 1.62 bits per heavy atom. The predicted molar refractivity (Wildman–Crippen MR) is 111 cm³/mol. The summed E-state index contributed by atoms with van der Waals surface area (Å²) >= 11 is 0. The van der Waals surface area contributed by atoms with E-state index in [1.165, 1.54) is 28.6 Å². The molecule has 0 spiro atoms. The minimum Gasteiger partial charge on any atom is -0.452 e. The van der Waals surface area contributed by atoms with E-state index in [2.05, 4.69) is 5.32 Å². The van der Waals surface area contributed by atoms with Gasteiger partial charge in [-0.2, -0.15) is 4.31 Å². The number of amides is 1. The van der Waals surface area contributed by atoms with Crippen LogP contribution in [0.2, 0.25) is 0 Å². The minimum atomic E-state index is -3.55. The first kappa shape index (κ1) is 22.6. The van der Waals surface area contributed by atoms with Gasteiger partial charge in [-0.05, 0) is 55.3 Å². The summed E-state index contributed by atoms with van der Waals surface area (Å²) in [5.74, 6) is -1.08. The number of esters is 1. The molecule has 2 rings (SSSR count). The van der Waals surface area contributed by atoms with Crippen LogP contribution >= 0.6 is 0 Å². The lowest BCUT2D eigenvalue weighted by atomic mass is 10.0. The monoisotopic (exact) mass is 418 g/mol. The summed E-state index contributed by atoms with van der Waals surface area (Å²) in [7, 11) is -3.55. The number of benzene rings is 2. The third-order valence-electron chi connectivity index (χ3n) is 4.64. The van der Waals surface area contributed by atoms with Gasteiger partial charge in [-0.3, -0.25) is 4.79 Å². The van der Waals surface area contributed by atoms with E-state index >= 15 is 0 Å². The van der Waals surface area contributed by atoms with Crippen molar-refractivity contribution in [3.8, 4) is 0 Å². The number of ether oxygens (including phenoxy) is 1. The van der Waals surface area contributed by atoms with Crippen molar-refractivity contribution in [3.63, 3.8) is 0 Å². The van der Waals surface area contributed by atoms with E-state index in [0.29, 0.717) is 24.3 Å². The van der Waals surface area contributed by atoms with Crippen molar-refractivity contribution in [2.45, 2.75) is 32.6 Å². The number of aryl methyl sites for hydroxylation is 1. The van der Waals surface area contributed by atoms with E-state index < -0.39 is 28.5 Å². The summed E-state index contributed by atoms with van der Waals surface area (Å²) in [6.07, 6.45) is 0. The Morgan fingerprint density at radius 1 is 1.00 bits per heavy atom. The number of sulfonamides is 1. The van der Waals surface area contributed by atoms with Gasteiger partial charge in [-0.1, -0.05) is 26.0 Å². The summed E-state index contributed by atoms with van der Waals surface area (Å²) < 4.78 is 31.4. The van der Waals surface area contributed by atoms with Gasteiger partial charge in [-0.15, -0.1) is 0 Å². The van der Waals surface area contributed by atoms with E-state index in [1.807, 2.05) is 19.9 Å². The lowest BCUT2D eigenvalue weighted by Crippen LogP contribution is -2.30. The van der Waals surface area contributed by atoms with Crippen LogP contribution in [0.1, 0.15) is 35.3 Å². The van der Waals surface area contributed by atoms with E-state index in [9.17, 15) is 18.0 Å². The smallest absolute Gasteiger partial charge is 0.338 e. The van der Waals surface area contributed by atoms with E-state index in [0.717, 1.165) is 11.1 Å². The average Bonchev–Trinajstić information content (AvgIpc) is 2.69. The lowest BCUT2D eigenvalue weighted by molar-refractivity contribution is -0.119. The molecule has 0 atom stereocenters. The molecule has 0 aliphatic rings. The van der Waals surface area contributed by atoms with Crippen LogP contribution in [0, 0.1) is 13.8 Å². The molecule has 7 nitrogen and oxygen atoms in total. The van der Waals surface area contributed by atoms with Crippen LogP contribution in [-0.2, 0) is 19.6 Å². The maximum atomic E-state index is 12.5. The standard InChI is InChI=1S/C21H26N2O5S/c1-5-23(6-2)29(26,27)18-12-10-17(11-13-18)22-20(24)14-28-21(25)19-9-7-8-15(3)16(19)4/h7-13H,5-6,14H2,1-4H3,(H,22,24). The Hall–Kier alpha value is -2.71. The van der Waals surface area contributed by atoms with Crippen molar-refractivity contribution in [3.05, 3.63) is 59.2 Å². The molecule has 156 valence electrons.